The Hall–Kier alpha value is -2.75. The van der Waals surface area contributed by atoms with E-state index >= 15 is 0 Å². The minimum Gasteiger partial charge on any atom is -0.323 e. The van der Waals surface area contributed by atoms with Crippen molar-refractivity contribution >= 4 is 39.7 Å². The van der Waals surface area contributed by atoms with Gasteiger partial charge in [0.1, 0.15) is 17.9 Å². The van der Waals surface area contributed by atoms with Gasteiger partial charge in [0.15, 0.2) is 0 Å². The molecule has 152 valence electrons. The van der Waals surface area contributed by atoms with Crippen LogP contribution in [0.4, 0.5) is 10.7 Å². The lowest BCUT2D eigenvalue weighted by Crippen LogP contribution is -2.48. The number of aromatic nitrogens is 3. The van der Waals surface area contributed by atoms with Crippen LogP contribution >= 0.6 is 15.9 Å². The SMILES string of the molecule is CC(C(=O)Nc1ncn(Cc2ccc(Br)cc2)n1)N1C(=O)NC2(CCCC2)C1=O. The molecule has 4 amide bonds. The van der Waals surface area contributed by atoms with Crippen LogP contribution < -0.4 is 10.6 Å². The third kappa shape index (κ3) is 3.76. The molecule has 1 saturated carbocycles. The monoisotopic (exact) mass is 460 g/mol. The van der Waals surface area contributed by atoms with E-state index in [4.69, 9.17) is 0 Å². The summed E-state index contributed by atoms with van der Waals surface area (Å²) in [7, 11) is 0. The molecule has 2 N–H and O–H groups in total. The van der Waals surface area contributed by atoms with Crippen LogP contribution in [-0.2, 0) is 16.1 Å². The van der Waals surface area contributed by atoms with Crippen molar-refractivity contribution in [2.24, 2.45) is 0 Å². The zero-order valence-electron chi connectivity index (χ0n) is 15.9. The first-order valence-electron chi connectivity index (χ1n) is 9.48. The fraction of sp³-hybridized carbons (Fsp3) is 0.421. The highest BCUT2D eigenvalue weighted by Crippen LogP contribution is 2.35. The number of hydrogen-bond donors (Lipinski definition) is 2. The van der Waals surface area contributed by atoms with Crippen molar-refractivity contribution in [1.82, 2.24) is 25.0 Å². The number of amides is 4. The molecule has 4 rings (SSSR count). The second kappa shape index (κ2) is 7.58. The Morgan fingerprint density at radius 2 is 1.97 bits per heavy atom. The summed E-state index contributed by atoms with van der Waals surface area (Å²) in [5.74, 6) is -0.706. The van der Waals surface area contributed by atoms with Crippen molar-refractivity contribution in [2.75, 3.05) is 5.32 Å². The third-order valence-electron chi connectivity index (χ3n) is 5.45. The molecule has 2 heterocycles. The molecule has 2 aliphatic rings. The Morgan fingerprint density at radius 1 is 1.28 bits per heavy atom. The number of hydrogen-bond acceptors (Lipinski definition) is 5. The Morgan fingerprint density at radius 3 is 2.66 bits per heavy atom. The van der Waals surface area contributed by atoms with Gasteiger partial charge in [-0.1, -0.05) is 40.9 Å². The van der Waals surface area contributed by atoms with Crippen LogP contribution in [0.2, 0.25) is 0 Å². The molecule has 1 aliphatic carbocycles. The van der Waals surface area contributed by atoms with Crippen LogP contribution in [0, 0.1) is 0 Å². The molecule has 1 unspecified atom stereocenters. The normalized spacial score (nSPS) is 18.9. The van der Waals surface area contributed by atoms with Crippen LogP contribution in [-0.4, -0.2) is 49.1 Å². The first-order chi connectivity index (χ1) is 13.9. The van der Waals surface area contributed by atoms with Gasteiger partial charge in [-0.25, -0.2) is 19.4 Å². The maximum absolute atomic E-state index is 12.8. The van der Waals surface area contributed by atoms with Gasteiger partial charge in [-0.3, -0.25) is 14.9 Å². The van der Waals surface area contributed by atoms with Crippen molar-refractivity contribution in [3.63, 3.8) is 0 Å². The molecule has 1 aromatic heterocycles. The van der Waals surface area contributed by atoms with Gasteiger partial charge in [-0.2, -0.15) is 0 Å². The van der Waals surface area contributed by atoms with Crippen LogP contribution in [0.1, 0.15) is 38.2 Å². The number of imide groups is 1. The van der Waals surface area contributed by atoms with E-state index in [1.165, 1.54) is 13.3 Å². The van der Waals surface area contributed by atoms with Gasteiger partial charge >= 0.3 is 6.03 Å². The molecule has 2 aromatic rings. The molecule has 10 heteroatoms. The Balaban J connectivity index is 1.40. The lowest BCUT2D eigenvalue weighted by Gasteiger charge is -2.23. The number of benzene rings is 1. The second-order valence-corrected chi connectivity index (χ2v) is 8.37. The number of carbonyl (C=O) groups is 3. The average Bonchev–Trinajstić information content (AvgIpc) is 3.39. The van der Waals surface area contributed by atoms with E-state index in [9.17, 15) is 14.4 Å². The highest BCUT2D eigenvalue weighted by molar-refractivity contribution is 9.10. The standard InChI is InChI=1S/C19H21BrN6O3/c1-12(26-16(28)19(23-18(26)29)8-2-3-9-19)15(27)22-17-21-11-25(24-17)10-13-4-6-14(20)7-5-13/h4-7,11-12H,2-3,8-10H2,1H3,(H,23,29)(H,22,24,27). The Bertz CT molecular complexity index is 951. The van der Waals surface area contributed by atoms with Crippen molar-refractivity contribution in [3.05, 3.63) is 40.6 Å². The molecule has 2 fully saturated rings. The molecule has 1 atom stereocenters. The predicted octanol–water partition coefficient (Wildman–Crippen LogP) is 2.28. The summed E-state index contributed by atoms with van der Waals surface area (Å²) in [6.45, 7) is 2.03. The summed E-state index contributed by atoms with van der Waals surface area (Å²) in [6.07, 6.45) is 4.53. The zero-order valence-corrected chi connectivity index (χ0v) is 17.5. The lowest BCUT2D eigenvalue weighted by molar-refractivity contribution is -0.136. The van der Waals surface area contributed by atoms with E-state index in [1.54, 1.807) is 4.68 Å². The topological polar surface area (TPSA) is 109 Å². The molecule has 0 radical (unpaired) electrons. The summed E-state index contributed by atoms with van der Waals surface area (Å²) in [4.78, 5) is 42.9. The smallest absolute Gasteiger partial charge is 0.323 e. The highest BCUT2D eigenvalue weighted by atomic mass is 79.9. The first-order valence-corrected chi connectivity index (χ1v) is 10.3. The summed E-state index contributed by atoms with van der Waals surface area (Å²) in [5, 5.41) is 9.62. The van der Waals surface area contributed by atoms with Crippen LogP contribution in [0.5, 0.6) is 0 Å². The molecule has 1 aliphatic heterocycles. The summed E-state index contributed by atoms with van der Waals surface area (Å²) in [5.41, 5.74) is 0.196. The number of halogens is 1. The summed E-state index contributed by atoms with van der Waals surface area (Å²) >= 11 is 3.39. The number of rotatable bonds is 5. The van der Waals surface area contributed by atoms with E-state index in [2.05, 4.69) is 36.6 Å². The van der Waals surface area contributed by atoms with Crippen LogP contribution in [0.15, 0.2) is 35.1 Å². The predicted molar refractivity (Wildman–Crippen MR) is 108 cm³/mol. The van der Waals surface area contributed by atoms with E-state index in [-0.39, 0.29) is 11.9 Å². The zero-order chi connectivity index (χ0) is 20.6. The molecule has 1 spiro atoms. The molecule has 1 saturated heterocycles. The number of carbonyl (C=O) groups excluding carboxylic acids is 3. The highest BCUT2D eigenvalue weighted by Gasteiger charge is 2.54. The first kappa shape index (κ1) is 19.6. The van der Waals surface area contributed by atoms with Gasteiger partial charge in [-0.05, 0) is 37.5 Å². The van der Waals surface area contributed by atoms with Crippen molar-refractivity contribution in [3.8, 4) is 0 Å². The fourth-order valence-electron chi connectivity index (χ4n) is 3.85. The van der Waals surface area contributed by atoms with E-state index in [0.717, 1.165) is 27.8 Å². The maximum Gasteiger partial charge on any atom is 0.325 e. The Labute approximate surface area is 176 Å². The van der Waals surface area contributed by atoms with Crippen molar-refractivity contribution in [1.29, 1.82) is 0 Å². The molecular formula is C19H21BrN6O3. The van der Waals surface area contributed by atoms with Gasteiger partial charge in [0.05, 0.1) is 6.54 Å². The fourth-order valence-corrected chi connectivity index (χ4v) is 4.11. The largest absolute Gasteiger partial charge is 0.325 e. The summed E-state index contributed by atoms with van der Waals surface area (Å²) in [6, 6.07) is 6.32. The van der Waals surface area contributed by atoms with Gasteiger partial charge in [0.25, 0.3) is 5.91 Å². The van der Waals surface area contributed by atoms with Crippen LogP contribution in [0.25, 0.3) is 0 Å². The van der Waals surface area contributed by atoms with Gasteiger partial charge < -0.3 is 5.32 Å². The minimum absolute atomic E-state index is 0.126. The molecular weight excluding hydrogens is 440 g/mol. The molecule has 9 nitrogen and oxygen atoms in total. The van der Waals surface area contributed by atoms with Crippen LogP contribution in [0.3, 0.4) is 0 Å². The second-order valence-electron chi connectivity index (χ2n) is 7.45. The Kier molecular flexibility index (Phi) is 5.12. The molecule has 29 heavy (non-hydrogen) atoms. The quantitative estimate of drug-likeness (QED) is 0.665. The van der Waals surface area contributed by atoms with Crippen molar-refractivity contribution in [2.45, 2.75) is 50.7 Å². The summed E-state index contributed by atoms with van der Waals surface area (Å²) < 4.78 is 2.59. The molecule has 0 bridgehead atoms. The van der Waals surface area contributed by atoms with Gasteiger partial charge in [0.2, 0.25) is 11.9 Å². The molecule has 1 aromatic carbocycles. The average molecular weight is 461 g/mol. The number of anilines is 1. The van der Waals surface area contributed by atoms with E-state index in [0.29, 0.717) is 19.4 Å². The van der Waals surface area contributed by atoms with E-state index in [1.807, 2.05) is 24.3 Å². The van der Waals surface area contributed by atoms with Gasteiger partial charge in [0, 0.05) is 4.47 Å². The maximum atomic E-state index is 12.8. The van der Waals surface area contributed by atoms with E-state index < -0.39 is 23.5 Å². The number of nitrogens with zero attached hydrogens (tertiary/aromatic N) is 4. The van der Waals surface area contributed by atoms with Gasteiger partial charge in [-0.15, -0.1) is 5.10 Å². The third-order valence-corrected chi connectivity index (χ3v) is 5.98. The number of nitrogens with one attached hydrogen (secondary N) is 2. The lowest BCUT2D eigenvalue weighted by atomic mass is 9.97. The minimum atomic E-state index is -0.958. The van der Waals surface area contributed by atoms with Crippen molar-refractivity contribution < 1.29 is 14.4 Å². The number of urea groups is 1.